The van der Waals surface area contributed by atoms with Crippen LogP contribution in [-0.2, 0) is 16.6 Å². The molecule has 5 heteroatoms. The van der Waals surface area contributed by atoms with Crippen molar-refractivity contribution in [2.24, 2.45) is 0 Å². The summed E-state index contributed by atoms with van der Waals surface area (Å²) in [5.74, 6) is 0.179. The van der Waals surface area contributed by atoms with Crippen LogP contribution in [0.1, 0.15) is 30.8 Å². The minimum absolute atomic E-state index is 0.00833. The summed E-state index contributed by atoms with van der Waals surface area (Å²) in [7, 11) is 0. The van der Waals surface area contributed by atoms with Gasteiger partial charge in [0.05, 0.1) is 15.2 Å². The first-order valence-corrected chi connectivity index (χ1v) is 10.00. The molecule has 3 nitrogen and oxygen atoms in total. The van der Waals surface area contributed by atoms with Crippen LogP contribution in [0, 0.1) is 0 Å². The summed E-state index contributed by atoms with van der Waals surface area (Å²) < 4.78 is 2.20. The SMILES string of the molecule is CC1(C)CN(C(=O)CCc2nc3cc(Br)ccc3s2)c2ccccc21. The molecule has 1 aromatic heterocycles. The summed E-state index contributed by atoms with van der Waals surface area (Å²) in [6, 6.07) is 14.4. The second-order valence-corrected chi connectivity index (χ2v) is 9.13. The molecular weight excluding hydrogens is 396 g/mol. The molecule has 0 atom stereocenters. The zero-order valence-corrected chi connectivity index (χ0v) is 16.7. The number of anilines is 1. The van der Waals surface area contributed by atoms with Crippen LogP contribution in [-0.4, -0.2) is 17.4 Å². The molecule has 1 aliphatic rings. The average Bonchev–Trinajstić information content (AvgIpc) is 3.11. The monoisotopic (exact) mass is 414 g/mol. The second-order valence-electron chi connectivity index (χ2n) is 7.10. The Bertz CT molecular complexity index is 963. The lowest BCUT2D eigenvalue weighted by atomic mass is 9.87. The number of para-hydroxylation sites is 1. The fraction of sp³-hybridized carbons (Fsp3) is 0.300. The lowest BCUT2D eigenvalue weighted by Crippen LogP contribution is -2.34. The highest BCUT2D eigenvalue weighted by Gasteiger charge is 2.37. The van der Waals surface area contributed by atoms with Crippen LogP contribution < -0.4 is 4.90 Å². The van der Waals surface area contributed by atoms with Crippen molar-refractivity contribution in [1.29, 1.82) is 0 Å². The second kappa shape index (κ2) is 6.22. The smallest absolute Gasteiger partial charge is 0.227 e. The van der Waals surface area contributed by atoms with Gasteiger partial charge in [-0.15, -0.1) is 11.3 Å². The molecule has 0 N–H and O–H groups in total. The number of hydrogen-bond acceptors (Lipinski definition) is 3. The summed E-state index contributed by atoms with van der Waals surface area (Å²) in [5, 5.41) is 1.02. The van der Waals surface area contributed by atoms with Crippen molar-refractivity contribution in [1.82, 2.24) is 4.98 Å². The predicted molar refractivity (Wildman–Crippen MR) is 107 cm³/mol. The van der Waals surface area contributed by atoms with Gasteiger partial charge in [0, 0.05) is 35.0 Å². The van der Waals surface area contributed by atoms with Gasteiger partial charge in [-0.3, -0.25) is 4.79 Å². The number of amides is 1. The third-order valence-electron chi connectivity index (χ3n) is 4.73. The first kappa shape index (κ1) is 16.7. The molecule has 0 bridgehead atoms. The Morgan fingerprint density at radius 1 is 1.28 bits per heavy atom. The fourth-order valence-corrected chi connectivity index (χ4v) is 4.77. The van der Waals surface area contributed by atoms with Gasteiger partial charge < -0.3 is 4.90 Å². The first-order valence-electron chi connectivity index (χ1n) is 8.39. The molecule has 128 valence electrons. The highest BCUT2D eigenvalue weighted by molar-refractivity contribution is 9.10. The Labute approximate surface area is 159 Å². The number of nitrogens with zero attached hydrogens (tertiary/aromatic N) is 2. The van der Waals surface area contributed by atoms with E-state index in [4.69, 9.17) is 0 Å². The minimum atomic E-state index is 0.00833. The van der Waals surface area contributed by atoms with Crippen LogP contribution in [0.5, 0.6) is 0 Å². The number of aryl methyl sites for hydroxylation is 1. The molecule has 2 heterocycles. The predicted octanol–water partition coefficient (Wildman–Crippen LogP) is 5.32. The summed E-state index contributed by atoms with van der Waals surface area (Å²) in [6.07, 6.45) is 1.18. The van der Waals surface area contributed by atoms with Crippen molar-refractivity contribution in [3.8, 4) is 0 Å². The van der Waals surface area contributed by atoms with E-state index in [0.29, 0.717) is 12.8 Å². The maximum atomic E-state index is 12.8. The quantitative estimate of drug-likeness (QED) is 0.581. The zero-order chi connectivity index (χ0) is 17.6. The third kappa shape index (κ3) is 3.11. The molecule has 2 aromatic carbocycles. The fourth-order valence-electron chi connectivity index (χ4n) is 3.47. The molecule has 0 unspecified atom stereocenters. The van der Waals surface area contributed by atoms with Gasteiger partial charge in [0.15, 0.2) is 0 Å². The highest BCUT2D eigenvalue weighted by Crippen LogP contribution is 2.40. The lowest BCUT2D eigenvalue weighted by molar-refractivity contribution is -0.118. The van der Waals surface area contributed by atoms with Gasteiger partial charge in [0.1, 0.15) is 0 Å². The van der Waals surface area contributed by atoms with E-state index in [9.17, 15) is 4.79 Å². The van der Waals surface area contributed by atoms with Gasteiger partial charge in [-0.25, -0.2) is 4.98 Å². The van der Waals surface area contributed by atoms with E-state index in [1.807, 2.05) is 29.2 Å². The van der Waals surface area contributed by atoms with E-state index < -0.39 is 0 Å². The summed E-state index contributed by atoms with van der Waals surface area (Å²) >= 11 is 5.15. The summed E-state index contributed by atoms with van der Waals surface area (Å²) in [6.45, 7) is 5.15. The van der Waals surface area contributed by atoms with Gasteiger partial charge in [-0.1, -0.05) is 48.0 Å². The third-order valence-corrected chi connectivity index (χ3v) is 6.31. The average molecular weight is 415 g/mol. The maximum Gasteiger partial charge on any atom is 0.227 e. The number of fused-ring (bicyclic) bond motifs is 2. The van der Waals surface area contributed by atoms with E-state index >= 15 is 0 Å². The molecule has 1 amide bonds. The van der Waals surface area contributed by atoms with Gasteiger partial charge in [0.2, 0.25) is 5.91 Å². The molecule has 25 heavy (non-hydrogen) atoms. The van der Waals surface area contributed by atoms with Crippen LogP contribution in [0.3, 0.4) is 0 Å². The van der Waals surface area contributed by atoms with Crippen molar-refractivity contribution >= 4 is 49.1 Å². The van der Waals surface area contributed by atoms with E-state index in [1.54, 1.807) is 11.3 Å². The van der Waals surface area contributed by atoms with E-state index in [1.165, 1.54) is 10.3 Å². The van der Waals surface area contributed by atoms with Crippen molar-refractivity contribution < 1.29 is 4.79 Å². The van der Waals surface area contributed by atoms with Crippen LogP contribution in [0.4, 0.5) is 5.69 Å². The summed E-state index contributed by atoms with van der Waals surface area (Å²) in [5.41, 5.74) is 3.32. The van der Waals surface area contributed by atoms with Crippen molar-refractivity contribution in [2.75, 3.05) is 11.4 Å². The molecular formula is C20H19BrN2OS. The van der Waals surface area contributed by atoms with Gasteiger partial charge >= 0.3 is 0 Å². The number of halogens is 1. The Balaban J connectivity index is 1.51. The molecule has 4 rings (SSSR count). The lowest BCUT2D eigenvalue weighted by Gasteiger charge is -2.20. The van der Waals surface area contributed by atoms with Crippen LogP contribution in [0.15, 0.2) is 46.9 Å². The van der Waals surface area contributed by atoms with Crippen molar-refractivity contribution in [3.63, 3.8) is 0 Å². The van der Waals surface area contributed by atoms with Gasteiger partial charge in [-0.05, 0) is 29.8 Å². The van der Waals surface area contributed by atoms with Gasteiger partial charge in [-0.2, -0.15) is 0 Å². The molecule has 1 aliphatic heterocycles. The van der Waals surface area contributed by atoms with Crippen molar-refractivity contribution in [3.05, 3.63) is 57.5 Å². The molecule has 0 aliphatic carbocycles. The minimum Gasteiger partial charge on any atom is -0.311 e. The van der Waals surface area contributed by atoms with Gasteiger partial charge in [0.25, 0.3) is 0 Å². The van der Waals surface area contributed by atoms with Crippen LogP contribution in [0.25, 0.3) is 10.2 Å². The highest BCUT2D eigenvalue weighted by atomic mass is 79.9. The molecule has 0 fully saturated rings. The topological polar surface area (TPSA) is 33.2 Å². The maximum absolute atomic E-state index is 12.8. The van der Waals surface area contributed by atoms with E-state index in [0.717, 1.165) is 27.2 Å². The Morgan fingerprint density at radius 3 is 2.92 bits per heavy atom. The molecule has 0 saturated heterocycles. The van der Waals surface area contributed by atoms with Crippen LogP contribution >= 0.6 is 27.3 Å². The Morgan fingerprint density at radius 2 is 2.08 bits per heavy atom. The number of benzene rings is 2. The summed E-state index contributed by atoms with van der Waals surface area (Å²) in [4.78, 5) is 19.4. The number of thiazole rings is 1. The Hall–Kier alpha value is -1.72. The molecule has 3 aromatic rings. The largest absolute Gasteiger partial charge is 0.311 e. The van der Waals surface area contributed by atoms with E-state index in [2.05, 4.69) is 53.0 Å². The number of carbonyl (C=O) groups excluding carboxylic acids is 1. The standard InChI is InChI=1S/C20H19BrN2OS/c1-20(2)12-23(16-6-4-3-5-14(16)20)19(24)10-9-18-22-15-11-13(21)7-8-17(15)25-18/h3-8,11H,9-10,12H2,1-2H3. The number of carbonyl (C=O) groups is 1. The first-order chi connectivity index (χ1) is 11.9. The zero-order valence-electron chi connectivity index (χ0n) is 14.3. The van der Waals surface area contributed by atoms with Crippen LogP contribution in [0.2, 0.25) is 0 Å². The molecule has 0 saturated carbocycles. The number of hydrogen-bond donors (Lipinski definition) is 0. The molecule has 0 radical (unpaired) electrons. The number of rotatable bonds is 3. The Kier molecular flexibility index (Phi) is 4.16. The number of aromatic nitrogens is 1. The van der Waals surface area contributed by atoms with Crippen molar-refractivity contribution in [2.45, 2.75) is 32.1 Å². The molecule has 0 spiro atoms. The van der Waals surface area contributed by atoms with E-state index in [-0.39, 0.29) is 11.3 Å². The normalized spacial score (nSPS) is 15.6.